The van der Waals surface area contributed by atoms with Crippen molar-refractivity contribution in [2.45, 2.75) is 9.79 Å². The third-order valence-corrected chi connectivity index (χ3v) is 4.19. The molecule has 0 atom stereocenters. The molecule has 0 saturated heterocycles. The van der Waals surface area contributed by atoms with Gasteiger partial charge in [-0.2, -0.15) is 0 Å². The quantitative estimate of drug-likeness (QED) is 0.366. The number of hydrogen-bond acceptors (Lipinski definition) is 6. The van der Waals surface area contributed by atoms with Gasteiger partial charge in [0.2, 0.25) is 0 Å². The standard InChI is InChI=1S/C11H14O2S.C9H10O2S/c1-4-7-13-9-5-6-11(14-3)10(8-9)12-2;1-2-5-11-7-3-4-9(12)8(10)6-7/h4-6,8H,1,7H2,2-3H3;2-4,6,10,12H,1,5H2. The number of thiol groups is 1. The highest BCUT2D eigenvalue weighted by Crippen LogP contribution is 2.31. The Morgan fingerprint density at radius 2 is 1.62 bits per heavy atom. The van der Waals surface area contributed by atoms with E-state index in [0.29, 0.717) is 23.9 Å². The van der Waals surface area contributed by atoms with Gasteiger partial charge in [-0.25, -0.2) is 0 Å². The number of phenolic OH excluding ortho intramolecular Hbond substituents is 1. The van der Waals surface area contributed by atoms with Crippen molar-refractivity contribution in [1.82, 2.24) is 0 Å². The maximum atomic E-state index is 9.22. The first-order valence-electron chi connectivity index (χ1n) is 7.77. The van der Waals surface area contributed by atoms with Crippen LogP contribution in [0.1, 0.15) is 0 Å². The first-order valence-corrected chi connectivity index (χ1v) is 9.44. The molecule has 0 spiro atoms. The number of phenols is 1. The van der Waals surface area contributed by atoms with Gasteiger partial charge in [-0.05, 0) is 30.5 Å². The normalized spacial score (nSPS) is 9.50. The lowest BCUT2D eigenvalue weighted by atomic mass is 10.3. The van der Waals surface area contributed by atoms with E-state index in [1.165, 1.54) is 6.07 Å². The molecule has 140 valence electrons. The van der Waals surface area contributed by atoms with Crippen LogP contribution < -0.4 is 14.2 Å². The molecule has 2 aromatic carbocycles. The summed E-state index contributed by atoms with van der Waals surface area (Å²) < 4.78 is 15.8. The fourth-order valence-corrected chi connectivity index (χ4v) is 2.50. The van der Waals surface area contributed by atoms with Gasteiger partial charge in [-0.1, -0.05) is 25.3 Å². The molecule has 26 heavy (non-hydrogen) atoms. The smallest absolute Gasteiger partial charge is 0.136 e. The van der Waals surface area contributed by atoms with Crippen LogP contribution in [-0.4, -0.2) is 31.7 Å². The minimum Gasteiger partial charge on any atom is -0.507 e. The van der Waals surface area contributed by atoms with Crippen LogP contribution in [0.4, 0.5) is 0 Å². The van der Waals surface area contributed by atoms with Gasteiger partial charge in [0.25, 0.3) is 0 Å². The number of rotatable bonds is 8. The van der Waals surface area contributed by atoms with E-state index >= 15 is 0 Å². The Labute approximate surface area is 164 Å². The fourth-order valence-electron chi connectivity index (χ4n) is 1.81. The zero-order valence-corrected chi connectivity index (χ0v) is 16.7. The summed E-state index contributed by atoms with van der Waals surface area (Å²) in [5.74, 6) is 2.39. The second kappa shape index (κ2) is 12.2. The minimum absolute atomic E-state index is 0.125. The van der Waals surface area contributed by atoms with E-state index in [1.807, 2.05) is 24.5 Å². The number of methoxy groups -OCH3 is 1. The number of aromatic hydroxyl groups is 1. The molecule has 0 aromatic heterocycles. The summed E-state index contributed by atoms with van der Waals surface area (Å²) in [6.45, 7) is 8.06. The zero-order valence-electron chi connectivity index (χ0n) is 15.0. The third kappa shape index (κ3) is 7.37. The molecule has 0 amide bonds. The van der Waals surface area contributed by atoms with E-state index < -0.39 is 0 Å². The number of ether oxygens (including phenoxy) is 3. The van der Waals surface area contributed by atoms with E-state index in [-0.39, 0.29) is 5.75 Å². The highest BCUT2D eigenvalue weighted by atomic mass is 32.2. The van der Waals surface area contributed by atoms with Crippen molar-refractivity contribution >= 4 is 24.4 Å². The Hall–Kier alpha value is -2.18. The van der Waals surface area contributed by atoms with Crippen LogP contribution in [0.25, 0.3) is 0 Å². The van der Waals surface area contributed by atoms with Crippen LogP contribution in [0.3, 0.4) is 0 Å². The lowest BCUT2D eigenvalue weighted by molar-refractivity contribution is 0.355. The monoisotopic (exact) mass is 392 g/mol. The third-order valence-electron chi connectivity index (χ3n) is 3.04. The lowest BCUT2D eigenvalue weighted by Crippen LogP contribution is -1.94. The van der Waals surface area contributed by atoms with E-state index in [9.17, 15) is 5.11 Å². The molecule has 0 unspecified atom stereocenters. The molecule has 0 bridgehead atoms. The SMILES string of the molecule is C=CCOc1ccc(S)c(O)c1.C=CCOc1ccc(SC)c(OC)c1. The number of thioether (sulfide) groups is 1. The maximum Gasteiger partial charge on any atom is 0.136 e. The molecular weight excluding hydrogens is 368 g/mol. The molecule has 0 heterocycles. The second-order valence-corrected chi connectivity index (χ2v) is 6.20. The molecule has 6 heteroatoms. The summed E-state index contributed by atoms with van der Waals surface area (Å²) in [5.41, 5.74) is 0. The first-order chi connectivity index (χ1) is 12.5. The molecular formula is C20H24O4S2. The van der Waals surface area contributed by atoms with Gasteiger partial charge in [0.05, 0.1) is 7.11 Å². The summed E-state index contributed by atoms with van der Waals surface area (Å²) in [4.78, 5) is 1.65. The molecule has 0 aliphatic rings. The van der Waals surface area contributed by atoms with Crippen molar-refractivity contribution in [2.75, 3.05) is 26.6 Å². The van der Waals surface area contributed by atoms with Gasteiger partial charge in [0.1, 0.15) is 36.2 Å². The molecule has 2 rings (SSSR count). The maximum absolute atomic E-state index is 9.22. The molecule has 0 saturated carbocycles. The first kappa shape index (κ1) is 21.9. The van der Waals surface area contributed by atoms with Gasteiger partial charge in [0, 0.05) is 21.9 Å². The molecule has 0 radical (unpaired) electrons. The predicted octanol–water partition coefficient (Wildman–Crippen LogP) is 5.23. The summed E-state index contributed by atoms with van der Waals surface area (Å²) in [6.07, 6.45) is 5.38. The summed E-state index contributed by atoms with van der Waals surface area (Å²) in [7, 11) is 1.66. The van der Waals surface area contributed by atoms with E-state index in [0.717, 1.165) is 16.4 Å². The Bertz CT molecular complexity index is 717. The average Bonchev–Trinajstić information content (AvgIpc) is 2.67. The van der Waals surface area contributed by atoms with Crippen molar-refractivity contribution in [3.63, 3.8) is 0 Å². The molecule has 0 aliphatic carbocycles. The minimum atomic E-state index is 0.125. The lowest BCUT2D eigenvalue weighted by Gasteiger charge is -2.08. The Morgan fingerprint density at radius 1 is 1.04 bits per heavy atom. The molecule has 0 aliphatic heterocycles. The van der Waals surface area contributed by atoms with Gasteiger partial charge in [-0.15, -0.1) is 24.4 Å². The van der Waals surface area contributed by atoms with Crippen molar-refractivity contribution in [3.8, 4) is 23.0 Å². The van der Waals surface area contributed by atoms with E-state index in [1.54, 1.807) is 43.2 Å². The summed E-state index contributed by atoms with van der Waals surface area (Å²) in [5, 5.41) is 9.22. The molecule has 0 fully saturated rings. The van der Waals surface area contributed by atoms with Gasteiger partial charge < -0.3 is 19.3 Å². The molecule has 1 N–H and O–H groups in total. The van der Waals surface area contributed by atoms with Crippen LogP contribution in [0.15, 0.2) is 71.5 Å². The topological polar surface area (TPSA) is 47.9 Å². The predicted molar refractivity (Wildman–Crippen MR) is 112 cm³/mol. The fraction of sp³-hybridized carbons (Fsp3) is 0.200. The summed E-state index contributed by atoms with van der Waals surface area (Å²) in [6, 6.07) is 10.7. The molecule has 4 nitrogen and oxygen atoms in total. The zero-order chi connectivity index (χ0) is 19.4. The Kier molecular flexibility index (Phi) is 10.3. The van der Waals surface area contributed by atoms with Gasteiger partial charge in [0.15, 0.2) is 0 Å². The van der Waals surface area contributed by atoms with Crippen LogP contribution >= 0.6 is 24.4 Å². The van der Waals surface area contributed by atoms with Crippen molar-refractivity contribution in [2.24, 2.45) is 0 Å². The molecule has 2 aromatic rings. The van der Waals surface area contributed by atoms with Gasteiger partial charge >= 0.3 is 0 Å². The number of hydrogen-bond donors (Lipinski definition) is 2. The van der Waals surface area contributed by atoms with E-state index in [2.05, 4.69) is 25.8 Å². The van der Waals surface area contributed by atoms with Crippen LogP contribution in [0.5, 0.6) is 23.0 Å². The second-order valence-electron chi connectivity index (χ2n) is 4.87. The van der Waals surface area contributed by atoms with Crippen LogP contribution in [-0.2, 0) is 0 Å². The van der Waals surface area contributed by atoms with Crippen LogP contribution in [0, 0.1) is 0 Å². The van der Waals surface area contributed by atoms with Crippen LogP contribution in [0.2, 0.25) is 0 Å². The van der Waals surface area contributed by atoms with E-state index in [4.69, 9.17) is 14.2 Å². The van der Waals surface area contributed by atoms with Crippen molar-refractivity contribution in [3.05, 3.63) is 61.7 Å². The highest BCUT2D eigenvalue weighted by Gasteiger charge is 2.03. The largest absolute Gasteiger partial charge is 0.507 e. The summed E-state index contributed by atoms with van der Waals surface area (Å²) >= 11 is 5.66. The highest BCUT2D eigenvalue weighted by molar-refractivity contribution is 7.98. The van der Waals surface area contributed by atoms with Crippen molar-refractivity contribution < 1.29 is 19.3 Å². The Morgan fingerprint density at radius 3 is 2.12 bits per heavy atom. The Balaban J connectivity index is 0.000000263. The van der Waals surface area contributed by atoms with Gasteiger partial charge in [-0.3, -0.25) is 0 Å². The average molecular weight is 393 g/mol. The van der Waals surface area contributed by atoms with Crippen molar-refractivity contribution in [1.29, 1.82) is 0 Å². The number of benzene rings is 2.